The number of hydrogen-bond acceptors (Lipinski definition) is 2. The Morgan fingerprint density at radius 1 is 1.41 bits per heavy atom. The topological polar surface area (TPSA) is 49.3 Å². The molecule has 0 radical (unpaired) electrons. The molecular weight excluding hydrogens is 387 g/mol. The van der Waals surface area contributed by atoms with Gasteiger partial charge in [0.25, 0.3) is 0 Å². The zero-order valence-corrected chi connectivity index (χ0v) is 16.3. The number of nitrogens with zero attached hydrogens (tertiary/aromatic N) is 2. The highest BCUT2D eigenvalue weighted by Gasteiger charge is 2.21. The van der Waals surface area contributed by atoms with E-state index in [1.165, 1.54) is 37.7 Å². The first-order valence-corrected chi connectivity index (χ1v) is 8.10. The molecule has 0 amide bonds. The predicted molar refractivity (Wildman–Crippen MR) is 104 cm³/mol. The monoisotopic (exact) mass is 416 g/mol. The lowest BCUT2D eigenvalue weighted by molar-refractivity contribution is 0.298. The molecule has 0 spiro atoms. The molecule has 124 valence electrons. The lowest BCUT2D eigenvalue weighted by atomic mass is 9.84. The molecule has 1 aliphatic rings. The fourth-order valence-electron chi connectivity index (χ4n) is 3.05. The van der Waals surface area contributed by atoms with E-state index in [2.05, 4.69) is 40.5 Å². The van der Waals surface area contributed by atoms with Gasteiger partial charge in [-0.2, -0.15) is 0 Å². The zero-order chi connectivity index (χ0) is 15.1. The molecule has 5 heteroatoms. The lowest BCUT2D eigenvalue weighted by Crippen LogP contribution is -2.45. The third-order valence-electron chi connectivity index (χ3n) is 4.47. The van der Waals surface area contributed by atoms with Crippen LogP contribution in [0.25, 0.3) is 0 Å². The van der Waals surface area contributed by atoms with E-state index < -0.39 is 0 Å². The Bertz CT molecular complexity index is 475. The number of aromatic nitrogens is 1. The Kier molecular flexibility index (Phi) is 8.75. The van der Waals surface area contributed by atoms with E-state index in [0.29, 0.717) is 6.04 Å². The fraction of sp³-hybridized carbons (Fsp3) is 0.647. The predicted octanol–water partition coefficient (Wildman–Crippen LogP) is 3.64. The van der Waals surface area contributed by atoms with Crippen molar-refractivity contribution in [3.8, 4) is 0 Å². The van der Waals surface area contributed by atoms with Gasteiger partial charge in [-0.05, 0) is 37.3 Å². The summed E-state index contributed by atoms with van der Waals surface area (Å²) < 4.78 is 0. The van der Waals surface area contributed by atoms with E-state index in [1.807, 2.05) is 19.3 Å². The van der Waals surface area contributed by atoms with E-state index in [9.17, 15) is 0 Å². The summed E-state index contributed by atoms with van der Waals surface area (Å²) in [6.45, 7) is 5.10. The molecule has 2 atom stereocenters. The maximum Gasteiger partial charge on any atom is 0.191 e. The van der Waals surface area contributed by atoms with Gasteiger partial charge in [-0.3, -0.25) is 9.98 Å². The van der Waals surface area contributed by atoms with Crippen molar-refractivity contribution in [2.45, 2.75) is 58.5 Å². The summed E-state index contributed by atoms with van der Waals surface area (Å²) in [7, 11) is 1.83. The molecule has 1 heterocycles. The molecule has 0 aromatic carbocycles. The van der Waals surface area contributed by atoms with Gasteiger partial charge in [-0.1, -0.05) is 32.3 Å². The largest absolute Gasteiger partial charge is 0.354 e. The van der Waals surface area contributed by atoms with Gasteiger partial charge in [0.15, 0.2) is 5.96 Å². The number of pyridine rings is 1. The van der Waals surface area contributed by atoms with Gasteiger partial charge in [0.1, 0.15) is 0 Å². The van der Waals surface area contributed by atoms with E-state index in [1.54, 1.807) is 0 Å². The Labute approximate surface area is 151 Å². The standard InChI is InChI=1S/C17H28N4.HI/c1-4-14-8-5-9-15(11-14)21-17(18-3)20-12-16-13(2)7-6-10-19-16;/h6-7,10,14-15H,4-5,8-9,11-12H2,1-3H3,(H2,18,20,21);1H. The van der Waals surface area contributed by atoms with Gasteiger partial charge < -0.3 is 10.6 Å². The van der Waals surface area contributed by atoms with E-state index in [0.717, 1.165) is 24.1 Å². The quantitative estimate of drug-likeness (QED) is 0.448. The van der Waals surface area contributed by atoms with Crippen molar-refractivity contribution < 1.29 is 0 Å². The van der Waals surface area contributed by atoms with Gasteiger partial charge >= 0.3 is 0 Å². The van der Waals surface area contributed by atoms with Gasteiger partial charge in [-0.25, -0.2) is 0 Å². The molecule has 2 rings (SSSR count). The smallest absolute Gasteiger partial charge is 0.191 e. The summed E-state index contributed by atoms with van der Waals surface area (Å²) in [4.78, 5) is 8.76. The van der Waals surface area contributed by atoms with Gasteiger partial charge in [0, 0.05) is 19.3 Å². The SMILES string of the molecule is CCC1CCCC(NC(=NC)NCc2ncccc2C)C1.I. The molecule has 0 aliphatic heterocycles. The number of aliphatic imine (C=N–C) groups is 1. The molecule has 1 aromatic rings. The Morgan fingerprint density at radius 3 is 2.91 bits per heavy atom. The Hall–Kier alpha value is -0.850. The highest BCUT2D eigenvalue weighted by molar-refractivity contribution is 14.0. The minimum Gasteiger partial charge on any atom is -0.354 e. The van der Waals surface area contributed by atoms with Crippen LogP contribution in [0.2, 0.25) is 0 Å². The first kappa shape index (κ1) is 19.2. The summed E-state index contributed by atoms with van der Waals surface area (Å²) >= 11 is 0. The van der Waals surface area contributed by atoms with Gasteiger partial charge in [0.2, 0.25) is 0 Å². The lowest BCUT2D eigenvalue weighted by Gasteiger charge is -2.30. The molecule has 4 nitrogen and oxygen atoms in total. The zero-order valence-electron chi connectivity index (χ0n) is 13.9. The summed E-state index contributed by atoms with van der Waals surface area (Å²) in [5.41, 5.74) is 2.29. The van der Waals surface area contributed by atoms with Crippen LogP contribution in [-0.2, 0) is 6.54 Å². The van der Waals surface area contributed by atoms with Crippen molar-refractivity contribution in [2.24, 2.45) is 10.9 Å². The second-order valence-electron chi connectivity index (χ2n) is 5.97. The van der Waals surface area contributed by atoms with Crippen LogP contribution in [0.15, 0.2) is 23.3 Å². The number of rotatable bonds is 4. The number of halogens is 1. The van der Waals surface area contributed by atoms with Crippen LogP contribution in [0.3, 0.4) is 0 Å². The molecule has 1 fully saturated rings. The number of aryl methyl sites for hydroxylation is 1. The number of guanidine groups is 1. The van der Waals surface area contributed by atoms with Crippen LogP contribution in [0.1, 0.15) is 50.3 Å². The second-order valence-corrected chi connectivity index (χ2v) is 5.97. The molecule has 22 heavy (non-hydrogen) atoms. The van der Waals surface area contributed by atoms with Crippen LogP contribution in [0.4, 0.5) is 0 Å². The molecule has 2 unspecified atom stereocenters. The number of hydrogen-bond donors (Lipinski definition) is 2. The average molecular weight is 416 g/mol. The highest BCUT2D eigenvalue weighted by atomic mass is 127. The molecule has 1 aromatic heterocycles. The minimum atomic E-state index is 0. The molecule has 0 bridgehead atoms. The maximum atomic E-state index is 4.41. The Balaban J connectivity index is 0.00000242. The van der Waals surface area contributed by atoms with Crippen molar-refractivity contribution in [1.82, 2.24) is 15.6 Å². The van der Waals surface area contributed by atoms with Crippen LogP contribution in [0, 0.1) is 12.8 Å². The van der Waals surface area contributed by atoms with Crippen molar-refractivity contribution in [2.75, 3.05) is 7.05 Å². The highest BCUT2D eigenvalue weighted by Crippen LogP contribution is 2.26. The summed E-state index contributed by atoms with van der Waals surface area (Å²) in [5, 5.41) is 6.95. The van der Waals surface area contributed by atoms with E-state index >= 15 is 0 Å². The molecule has 1 saturated carbocycles. The molecule has 0 saturated heterocycles. The first-order valence-electron chi connectivity index (χ1n) is 8.10. The molecule has 2 N–H and O–H groups in total. The first-order chi connectivity index (χ1) is 10.2. The van der Waals surface area contributed by atoms with Crippen LogP contribution >= 0.6 is 24.0 Å². The van der Waals surface area contributed by atoms with Gasteiger partial charge in [-0.15, -0.1) is 24.0 Å². The molecule has 1 aliphatic carbocycles. The van der Waals surface area contributed by atoms with Gasteiger partial charge in [0.05, 0.1) is 12.2 Å². The third kappa shape index (κ3) is 5.74. The van der Waals surface area contributed by atoms with Crippen molar-refractivity contribution in [3.05, 3.63) is 29.6 Å². The Morgan fingerprint density at radius 2 is 2.23 bits per heavy atom. The van der Waals surface area contributed by atoms with Crippen LogP contribution < -0.4 is 10.6 Å². The average Bonchev–Trinajstić information content (AvgIpc) is 2.53. The van der Waals surface area contributed by atoms with E-state index in [-0.39, 0.29) is 24.0 Å². The fourth-order valence-corrected chi connectivity index (χ4v) is 3.05. The normalized spacial score (nSPS) is 21.9. The summed E-state index contributed by atoms with van der Waals surface area (Å²) in [6, 6.07) is 4.62. The summed E-state index contributed by atoms with van der Waals surface area (Å²) in [5.74, 6) is 1.76. The van der Waals surface area contributed by atoms with E-state index in [4.69, 9.17) is 0 Å². The summed E-state index contributed by atoms with van der Waals surface area (Å²) in [6.07, 6.45) is 8.35. The van der Waals surface area contributed by atoms with Crippen LogP contribution in [0.5, 0.6) is 0 Å². The van der Waals surface area contributed by atoms with Crippen molar-refractivity contribution >= 4 is 29.9 Å². The molecular formula is C17H29IN4. The number of nitrogens with one attached hydrogen (secondary N) is 2. The van der Waals surface area contributed by atoms with Crippen molar-refractivity contribution in [1.29, 1.82) is 0 Å². The third-order valence-corrected chi connectivity index (χ3v) is 4.47. The van der Waals surface area contributed by atoms with Crippen molar-refractivity contribution in [3.63, 3.8) is 0 Å². The minimum absolute atomic E-state index is 0. The van der Waals surface area contributed by atoms with Crippen LogP contribution in [-0.4, -0.2) is 24.0 Å². The maximum absolute atomic E-state index is 4.41. The second kappa shape index (κ2) is 10.0.